The Labute approximate surface area is 184 Å². The molecule has 1 saturated carbocycles. The highest BCUT2D eigenvalue weighted by atomic mass is 32.2. The topological polar surface area (TPSA) is 54.2 Å². The molecule has 0 spiro atoms. The van der Waals surface area contributed by atoms with Crippen LogP contribution >= 0.6 is 11.9 Å². The molecule has 31 heavy (non-hydrogen) atoms. The zero-order valence-corrected chi connectivity index (χ0v) is 18.1. The molecular formula is C23H23F2N5S. The maximum Gasteiger partial charge on any atom is 0.252 e. The molecule has 8 heteroatoms. The lowest BCUT2D eigenvalue weighted by molar-refractivity contribution is -0.106. The summed E-state index contributed by atoms with van der Waals surface area (Å²) in [5, 5.41) is 11.1. The number of anilines is 2. The van der Waals surface area contributed by atoms with E-state index in [1.165, 1.54) is 17.5 Å². The van der Waals surface area contributed by atoms with Gasteiger partial charge in [-0.3, -0.25) is 4.68 Å². The lowest BCUT2D eigenvalue weighted by Crippen LogP contribution is -2.37. The van der Waals surface area contributed by atoms with Crippen molar-refractivity contribution in [2.75, 3.05) is 10.6 Å². The van der Waals surface area contributed by atoms with Crippen LogP contribution in [-0.2, 0) is 0 Å². The molecule has 0 radical (unpaired) electrons. The van der Waals surface area contributed by atoms with E-state index in [9.17, 15) is 8.78 Å². The van der Waals surface area contributed by atoms with Crippen LogP contribution in [0.1, 0.15) is 44.2 Å². The second-order valence-corrected chi connectivity index (χ2v) is 9.17. The predicted molar refractivity (Wildman–Crippen MR) is 122 cm³/mol. The molecule has 0 bridgehead atoms. The van der Waals surface area contributed by atoms with Gasteiger partial charge >= 0.3 is 0 Å². The highest BCUT2D eigenvalue weighted by Crippen LogP contribution is 2.46. The average molecular weight is 440 g/mol. The van der Waals surface area contributed by atoms with Crippen molar-refractivity contribution in [1.29, 1.82) is 0 Å². The van der Waals surface area contributed by atoms with Crippen LogP contribution in [0.15, 0.2) is 64.2 Å². The Kier molecular flexibility index (Phi) is 4.97. The Balaban J connectivity index is 1.35. The van der Waals surface area contributed by atoms with Crippen LogP contribution in [-0.4, -0.2) is 21.7 Å². The molecule has 160 valence electrons. The molecule has 0 amide bonds. The van der Waals surface area contributed by atoms with Crippen LogP contribution in [0.5, 0.6) is 0 Å². The summed E-state index contributed by atoms with van der Waals surface area (Å²) < 4.78 is 32.7. The van der Waals surface area contributed by atoms with Gasteiger partial charge in [-0.2, -0.15) is 9.50 Å². The second-order valence-electron chi connectivity index (χ2n) is 8.36. The molecule has 2 aromatic carbocycles. The van der Waals surface area contributed by atoms with E-state index in [0.717, 1.165) is 27.4 Å². The van der Waals surface area contributed by atoms with Crippen molar-refractivity contribution in [3.8, 4) is 11.1 Å². The molecule has 2 heterocycles. The third-order valence-electron chi connectivity index (χ3n) is 5.70. The number of guanidine groups is 1. The van der Waals surface area contributed by atoms with Gasteiger partial charge in [-0.1, -0.05) is 38.1 Å². The molecule has 2 N–H and O–H groups in total. The number of para-hydroxylation sites is 1. The van der Waals surface area contributed by atoms with Crippen LogP contribution in [0.25, 0.3) is 11.1 Å². The zero-order chi connectivity index (χ0) is 21.6. The summed E-state index contributed by atoms with van der Waals surface area (Å²) in [5.41, 5.74) is 5.03. The van der Waals surface area contributed by atoms with Gasteiger partial charge in [0.1, 0.15) is 0 Å². The van der Waals surface area contributed by atoms with Crippen molar-refractivity contribution in [3.05, 3.63) is 60.4 Å². The van der Waals surface area contributed by atoms with E-state index in [4.69, 9.17) is 0 Å². The number of rotatable bonds is 4. The van der Waals surface area contributed by atoms with E-state index in [1.54, 1.807) is 10.9 Å². The molecule has 5 nitrogen and oxygen atoms in total. The first kappa shape index (κ1) is 20.1. The molecule has 2 aliphatic rings. The van der Waals surface area contributed by atoms with E-state index in [1.807, 2.05) is 36.5 Å². The van der Waals surface area contributed by atoms with Crippen molar-refractivity contribution >= 4 is 29.3 Å². The van der Waals surface area contributed by atoms with E-state index in [0.29, 0.717) is 11.9 Å². The fourth-order valence-electron chi connectivity index (χ4n) is 3.85. The van der Waals surface area contributed by atoms with E-state index in [-0.39, 0.29) is 18.9 Å². The van der Waals surface area contributed by atoms with Crippen molar-refractivity contribution < 1.29 is 8.78 Å². The van der Waals surface area contributed by atoms with Crippen molar-refractivity contribution in [2.45, 2.75) is 49.5 Å². The fourth-order valence-corrected chi connectivity index (χ4v) is 4.52. The lowest BCUT2D eigenvalue weighted by Gasteiger charge is -2.34. The molecule has 0 saturated heterocycles. The highest BCUT2D eigenvalue weighted by molar-refractivity contribution is 7.98. The lowest BCUT2D eigenvalue weighted by atomic mass is 9.88. The Morgan fingerprint density at radius 3 is 2.65 bits per heavy atom. The summed E-state index contributed by atoms with van der Waals surface area (Å²) in [6, 6.07) is 14.1. The van der Waals surface area contributed by atoms with E-state index >= 15 is 0 Å². The molecule has 0 unspecified atom stereocenters. The summed E-state index contributed by atoms with van der Waals surface area (Å²) in [6.07, 6.45) is 3.30. The molecule has 0 atom stereocenters. The van der Waals surface area contributed by atoms with Gasteiger partial charge < -0.3 is 10.6 Å². The van der Waals surface area contributed by atoms with Crippen molar-refractivity contribution in [3.63, 3.8) is 0 Å². The number of hydrogen-bond acceptors (Lipinski definition) is 5. The smallest absolute Gasteiger partial charge is 0.252 e. The van der Waals surface area contributed by atoms with Crippen LogP contribution in [0.4, 0.5) is 20.2 Å². The number of hydrogen-bond donors (Lipinski definition) is 2. The van der Waals surface area contributed by atoms with Gasteiger partial charge in [0.25, 0.3) is 5.92 Å². The largest absolute Gasteiger partial charge is 0.325 e. The first-order valence-electron chi connectivity index (χ1n) is 10.3. The molecule has 3 aromatic rings. The van der Waals surface area contributed by atoms with Crippen molar-refractivity contribution in [2.24, 2.45) is 4.40 Å². The third kappa shape index (κ3) is 4.04. The molecule has 1 fully saturated rings. The zero-order valence-electron chi connectivity index (χ0n) is 17.3. The number of nitrogens with zero attached hydrogens (tertiary/aromatic N) is 3. The van der Waals surface area contributed by atoms with Gasteiger partial charge in [0.15, 0.2) is 0 Å². The third-order valence-corrected chi connectivity index (χ3v) is 6.51. The van der Waals surface area contributed by atoms with Gasteiger partial charge in [-0.05, 0) is 29.7 Å². The Hall–Kier alpha value is -2.87. The van der Waals surface area contributed by atoms with Crippen LogP contribution in [0.2, 0.25) is 0 Å². The number of benzene rings is 2. The maximum absolute atomic E-state index is 13.2. The molecular weight excluding hydrogens is 416 g/mol. The average Bonchev–Trinajstić information content (AvgIpc) is 3.21. The fraction of sp³-hybridized carbons (Fsp3) is 0.304. The number of alkyl halides is 2. The number of halogens is 2. The van der Waals surface area contributed by atoms with E-state index < -0.39 is 5.92 Å². The van der Waals surface area contributed by atoms with E-state index in [2.05, 4.69) is 46.1 Å². The number of aromatic nitrogens is 2. The monoisotopic (exact) mass is 439 g/mol. The summed E-state index contributed by atoms with van der Waals surface area (Å²) in [6.45, 7) is 4.34. The minimum atomic E-state index is -2.56. The molecule has 1 aromatic heterocycles. The summed E-state index contributed by atoms with van der Waals surface area (Å²) in [7, 11) is 0. The maximum atomic E-state index is 13.2. The minimum absolute atomic E-state index is 0.147. The summed E-state index contributed by atoms with van der Waals surface area (Å²) in [4.78, 5) is 1.00. The van der Waals surface area contributed by atoms with Crippen molar-refractivity contribution in [1.82, 2.24) is 9.78 Å². The normalized spacial score (nSPS) is 17.5. The Morgan fingerprint density at radius 1 is 1.16 bits per heavy atom. The standard InChI is InChI=1S/C23H23F2N5S/c1-14(2)15-6-8-17(9-7-15)27-22-28-21-19(4-3-5-20(21)31-29-22)16-12-26-30(13-16)18-10-23(24,25)11-18/h3-9,12-14,18H,10-11H2,1-2H3,(H2,27,28,29). The number of nitrogens with one attached hydrogen (secondary N) is 2. The first-order chi connectivity index (χ1) is 14.9. The summed E-state index contributed by atoms with van der Waals surface area (Å²) >= 11 is 1.40. The Morgan fingerprint density at radius 2 is 1.94 bits per heavy atom. The SMILES string of the molecule is CC(C)c1ccc(NC2=NSc3cccc(-c4cnn(C5CC(F)(F)C5)c4)c3N2)cc1. The second kappa shape index (κ2) is 7.67. The minimum Gasteiger partial charge on any atom is -0.325 e. The van der Waals surface area contributed by atoms with Gasteiger partial charge in [0, 0.05) is 47.8 Å². The molecule has 1 aliphatic heterocycles. The highest BCUT2D eigenvalue weighted by Gasteiger charge is 2.46. The van der Waals surface area contributed by atoms with Gasteiger partial charge in [-0.15, -0.1) is 0 Å². The van der Waals surface area contributed by atoms with Gasteiger partial charge in [0.05, 0.1) is 22.8 Å². The molecule has 5 rings (SSSR count). The quantitative estimate of drug-likeness (QED) is 0.453. The first-order valence-corrected chi connectivity index (χ1v) is 11.1. The van der Waals surface area contributed by atoms with Crippen LogP contribution in [0.3, 0.4) is 0 Å². The Bertz CT molecular complexity index is 1130. The molecule has 1 aliphatic carbocycles. The van der Waals surface area contributed by atoms with Crippen LogP contribution < -0.4 is 10.6 Å². The van der Waals surface area contributed by atoms with Crippen LogP contribution in [0, 0.1) is 0 Å². The van der Waals surface area contributed by atoms with Gasteiger partial charge in [0.2, 0.25) is 5.96 Å². The number of fused-ring (bicyclic) bond motifs is 1. The van der Waals surface area contributed by atoms with Gasteiger partial charge in [-0.25, -0.2) is 8.78 Å². The summed E-state index contributed by atoms with van der Waals surface area (Å²) in [5.74, 6) is -1.43. The predicted octanol–water partition coefficient (Wildman–Crippen LogP) is 6.54.